The smallest absolute Gasteiger partial charge is 0.233 e. The first kappa shape index (κ1) is 16.5. The van der Waals surface area contributed by atoms with Crippen molar-refractivity contribution in [2.75, 3.05) is 6.54 Å². The molecule has 0 bridgehead atoms. The average Bonchev–Trinajstić information content (AvgIpc) is 2.86. The summed E-state index contributed by atoms with van der Waals surface area (Å²) in [6.45, 7) is 8.64. The monoisotopic (exact) mass is 318 g/mol. The van der Waals surface area contributed by atoms with Crippen molar-refractivity contribution in [3.8, 4) is 5.69 Å². The van der Waals surface area contributed by atoms with Crippen molar-refractivity contribution in [1.82, 2.24) is 20.1 Å². The van der Waals surface area contributed by atoms with Crippen LogP contribution >= 0.6 is 11.8 Å². The van der Waals surface area contributed by atoms with Crippen LogP contribution in [0.1, 0.15) is 26.6 Å². The lowest BCUT2D eigenvalue weighted by Crippen LogP contribution is -2.33. The second kappa shape index (κ2) is 7.45. The van der Waals surface area contributed by atoms with Crippen molar-refractivity contribution in [2.24, 2.45) is 5.92 Å². The van der Waals surface area contributed by atoms with E-state index in [2.05, 4.69) is 29.4 Å². The Hall–Kier alpha value is -1.82. The fourth-order valence-corrected chi connectivity index (χ4v) is 2.89. The van der Waals surface area contributed by atoms with Crippen LogP contribution in [0.3, 0.4) is 0 Å². The van der Waals surface area contributed by atoms with Gasteiger partial charge in [-0.15, -0.1) is 10.2 Å². The molecule has 0 aliphatic heterocycles. The van der Waals surface area contributed by atoms with E-state index in [0.717, 1.165) is 16.7 Å². The van der Waals surface area contributed by atoms with E-state index in [1.54, 1.807) is 0 Å². The molecule has 0 unspecified atom stereocenters. The van der Waals surface area contributed by atoms with Crippen molar-refractivity contribution in [2.45, 2.75) is 38.1 Å². The molecule has 22 heavy (non-hydrogen) atoms. The van der Waals surface area contributed by atoms with Gasteiger partial charge >= 0.3 is 0 Å². The molecule has 1 aromatic heterocycles. The van der Waals surface area contributed by atoms with E-state index in [1.165, 1.54) is 11.8 Å². The number of hydrogen-bond donors (Lipinski definition) is 1. The van der Waals surface area contributed by atoms with Crippen LogP contribution in [0.25, 0.3) is 5.69 Å². The molecule has 5 nitrogen and oxygen atoms in total. The van der Waals surface area contributed by atoms with Gasteiger partial charge in [-0.05, 0) is 31.9 Å². The predicted octanol–water partition coefficient (Wildman–Crippen LogP) is 2.83. The van der Waals surface area contributed by atoms with Crippen molar-refractivity contribution < 1.29 is 4.79 Å². The normalized spacial score (nSPS) is 12.4. The lowest BCUT2D eigenvalue weighted by atomic mass is 10.2. The summed E-state index contributed by atoms with van der Waals surface area (Å²) in [5, 5.41) is 11.8. The SMILES string of the molecule is Cc1nnc(S[C@H](C)C(=O)NCC(C)C)n1-c1ccccc1. The third-order valence-corrected chi connectivity index (χ3v) is 4.19. The van der Waals surface area contributed by atoms with Gasteiger partial charge in [-0.2, -0.15) is 0 Å². The van der Waals surface area contributed by atoms with Crippen LogP contribution in [0, 0.1) is 12.8 Å². The number of thioether (sulfide) groups is 1. The van der Waals surface area contributed by atoms with Crippen LogP contribution in [0.2, 0.25) is 0 Å². The summed E-state index contributed by atoms with van der Waals surface area (Å²) in [6, 6.07) is 9.93. The van der Waals surface area contributed by atoms with Gasteiger partial charge in [-0.25, -0.2) is 0 Å². The Balaban J connectivity index is 2.12. The minimum absolute atomic E-state index is 0.0268. The van der Waals surface area contributed by atoms with Crippen molar-refractivity contribution >= 4 is 17.7 Å². The number of nitrogens with zero attached hydrogens (tertiary/aromatic N) is 3. The lowest BCUT2D eigenvalue weighted by Gasteiger charge is -2.14. The number of amides is 1. The number of rotatable bonds is 6. The fraction of sp³-hybridized carbons (Fsp3) is 0.438. The Morgan fingerprint density at radius 3 is 2.55 bits per heavy atom. The second-order valence-electron chi connectivity index (χ2n) is 5.60. The van der Waals surface area contributed by atoms with Crippen LogP contribution in [0.15, 0.2) is 35.5 Å². The maximum atomic E-state index is 12.1. The van der Waals surface area contributed by atoms with E-state index in [1.807, 2.05) is 48.7 Å². The maximum Gasteiger partial charge on any atom is 0.233 e. The standard InChI is InChI=1S/C16H22N4OS/c1-11(2)10-17-15(21)12(3)22-16-19-18-13(4)20(16)14-8-6-5-7-9-14/h5-9,11-12H,10H2,1-4H3,(H,17,21)/t12-/m1/s1. The van der Waals surface area contributed by atoms with Crippen LogP contribution in [0.4, 0.5) is 0 Å². The molecule has 0 saturated carbocycles. The number of benzene rings is 1. The zero-order valence-corrected chi connectivity index (χ0v) is 14.2. The summed E-state index contributed by atoms with van der Waals surface area (Å²) in [4.78, 5) is 12.1. The summed E-state index contributed by atoms with van der Waals surface area (Å²) in [6.07, 6.45) is 0. The van der Waals surface area contributed by atoms with Gasteiger partial charge in [0.15, 0.2) is 5.16 Å². The molecule has 0 aliphatic rings. The number of carbonyl (C=O) groups is 1. The molecular weight excluding hydrogens is 296 g/mol. The van der Waals surface area contributed by atoms with E-state index in [-0.39, 0.29) is 11.2 Å². The van der Waals surface area contributed by atoms with Crippen LogP contribution in [0.5, 0.6) is 0 Å². The largest absolute Gasteiger partial charge is 0.355 e. The van der Waals surface area contributed by atoms with Crippen LogP contribution in [-0.4, -0.2) is 32.5 Å². The van der Waals surface area contributed by atoms with E-state index >= 15 is 0 Å². The highest BCUT2D eigenvalue weighted by Crippen LogP contribution is 2.25. The molecule has 0 aliphatic carbocycles. The molecule has 2 rings (SSSR count). The van der Waals surface area contributed by atoms with Crippen molar-refractivity contribution in [1.29, 1.82) is 0 Å². The van der Waals surface area contributed by atoms with Gasteiger partial charge in [0, 0.05) is 12.2 Å². The summed E-state index contributed by atoms with van der Waals surface area (Å²) in [5.41, 5.74) is 1.00. The number of para-hydroxylation sites is 1. The van der Waals surface area contributed by atoms with E-state index in [9.17, 15) is 4.79 Å². The Kier molecular flexibility index (Phi) is 5.60. The van der Waals surface area contributed by atoms with Gasteiger partial charge in [0.1, 0.15) is 5.82 Å². The van der Waals surface area contributed by atoms with E-state index in [4.69, 9.17) is 0 Å². The Morgan fingerprint density at radius 1 is 1.23 bits per heavy atom. The molecular formula is C16H22N4OS. The zero-order valence-electron chi connectivity index (χ0n) is 13.4. The maximum absolute atomic E-state index is 12.1. The van der Waals surface area contributed by atoms with Gasteiger partial charge in [0.2, 0.25) is 5.91 Å². The Labute approximate surface area is 135 Å². The molecule has 2 aromatic rings. The molecule has 0 saturated heterocycles. The molecule has 1 N–H and O–H groups in total. The number of aryl methyl sites for hydroxylation is 1. The van der Waals surface area contributed by atoms with Gasteiger partial charge in [0.05, 0.1) is 5.25 Å². The molecule has 1 amide bonds. The minimum Gasteiger partial charge on any atom is -0.355 e. The summed E-state index contributed by atoms with van der Waals surface area (Å²) < 4.78 is 1.97. The summed E-state index contributed by atoms with van der Waals surface area (Å²) in [5.74, 6) is 1.28. The van der Waals surface area contributed by atoms with Gasteiger partial charge < -0.3 is 5.32 Å². The average molecular weight is 318 g/mol. The number of nitrogens with one attached hydrogen (secondary N) is 1. The first-order valence-electron chi connectivity index (χ1n) is 7.41. The number of hydrogen-bond acceptors (Lipinski definition) is 4. The molecule has 1 heterocycles. The van der Waals surface area contributed by atoms with Crippen molar-refractivity contribution in [3.05, 3.63) is 36.2 Å². The van der Waals surface area contributed by atoms with Crippen molar-refractivity contribution in [3.63, 3.8) is 0 Å². The predicted molar refractivity (Wildman–Crippen MR) is 89.3 cm³/mol. The first-order chi connectivity index (χ1) is 10.5. The lowest BCUT2D eigenvalue weighted by molar-refractivity contribution is -0.120. The zero-order chi connectivity index (χ0) is 16.1. The third-order valence-electron chi connectivity index (χ3n) is 3.15. The molecule has 0 radical (unpaired) electrons. The Morgan fingerprint density at radius 2 is 1.91 bits per heavy atom. The van der Waals surface area contributed by atoms with E-state index < -0.39 is 0 Å². The minimum atomic E-state index is -0.218. The topological polar surface area (TPSA) is 59.8 Å². The van der Waals surface area contributed by atoms with E-state index in [0.29, 0.717) is 12.5 Å². The highest BCUT2D eigenvalue weighted by molar-refractivity contribution is 8.00. The van der Waals surface area contributed by atoms with Crippen LogP contribution < -0.4 is 5.32 Å². The number of aromatic nitrogens is 3. The molecule has 1 aromatic carbocycles. The summed E-state index contributed by atoms with van der Waals surface area (Å²) in [7, 11) is 0. The molecule has 1 atom stereocenters. The van der Waals surface area contributed by atoms with Gasteiger partial charge in [-0.3, -0.25) is 9.36 Å². The number of carbonyl (C=O) groups excluding carboxylic acids is 1. The quantitative estimate of drug-likeness (QED) is 0.832. The second-order valence-corrected chi connectivity index (χ2v) is 6.91. The highest BCUT2D eigenvalue weighted by Gasteiger charge is 2.19. The molecule has 6 heteroatoms. The molecule has 118 valence electrons. The van der Waals surface area contributed by atoms with Gasteiger partial charge in [0.25, 0.3) is 0 Å². The highest BCUT2D eigenvalue weighted by atomic mass is 32.2. The summed E-state index contributed by atoms with van der Waals surface area (Å²) >= 11 is 1.42. The molecule has 0 spiro atoms. The fourth-order valence-electron chi connectivity index (χ4n) is 1.95. The van der Waals surface area contributed by atoms with Gasteiger partial charge in [-0.1, -0.05) is 43.8 Å². The first-order valence-corrected chi connectivity index (χ1v) is 8.28. The Bertz CT molecular complexity index is 624. The van der Waals surface area contributed by atoms with Crippen LogP contribution in [-0.2, 0) is 4.79 Å². The third kappa shape index (κ3) is 4.10. The molecule has 0 fully saturated rings.